The highest BCUT2D eigenvalue weighted by Gasteiger charge is 2.48. The molecule has 126 valence electrons. The lowest BCUT2D eigenvalue weighted by Gasteiger charge is -2.42. The fraction of sp³-hybridized carbons (Fsp3) is 0.500. The van der Waals surface area contributed by atoms with Crippen molar-refractivity contribution >= 4 is 11.9 Å². The van der Waals surface area contributed by atoms with Crippen molar-refractivity contribution in [3.05, 3.63) is 23.5 Å². The summed E-state index contributed by atoms with van der Waals surface area (Å²) < 4.78 is 34.0. The lowest BCUT2D eigenvalue weighted by Crippen LogP contribution is -2.47. The van der Waals surface area contributed by atoms with E-state index in [1.54, 1.807) is 6.92 Å². The molecule has 0 atom stereocenters. The molecule has 1 aromatic carbocycles. The summed E-state index contributed by atoms with van der Waals surface area (Å²) in [4.78, 5) is 23.3. The lowest BCUT2D eigenvalue weighted by atomic mass is 9.68. The third kappa shape index (κ3) is 3.23. The van der Waals surface area contributed by atoms with Gasteiger partial charge in [-0.05, 0) is 6.92 Å². The Morgan fingerprint density at radius 2 is 1.78 bits per heavy atom. The number of carbonyl (C=O) groups is 2. The fourth-order valence-corrected chi connectivity index (χ4v) is 2.68. The Labute approximate surface area is 133 Å². The van der Waals surface area contributed by atoms with Crippen LogP contribution < -0.4 is 9.47 Å². The van der Waals surface area contributed by atoms with Gasteiger partial charge in [0, 0.05) is 25.0 Å². The first-order valence-electron chi connectivity index (χ1n) is 7.05. The highest BCUT2D eigenvalue weighted by Crippen LogP contribution is 2.44. The predicted molar refractivity (Wildman–Crippen MR) is 78.1 cm³/mol. The van der Waals surface area contributed by atoms with Crippen LogP contribution in [0.25, 0.3) is 0 Å². The Hall–Kier alpha value is -2.31. The molecule has 0 N–H and O–H groups in total. The summed E-state index contributed by atoms with van der Waals surface area (Å²) in [5.74, 6) is -1.64. The van der Waals surface area contributed by atoms with E-state index in [-0.39, 0.29) is 29.1 Å². The quantitative estimate of drug-likeness (QED) is 0.774. The van der Waals surface area contributed by atoms with Crippen molar-refractivity contribution in [2.75, 3.05) is 21.3 Å². The summed E-state index contributed by atoms with van der Waals surface area (Å²) in [5, 5.41) is 0. The van der Waals surface area contributed by atoms with Gasteiger partial charge in [0.05, 0.1) is 26.7 Å². The zero-order valence-corrected chi connectivity index (χ0v) is 13.5. The van der Waals surface area contributed by atoms with Crippen LogP contribution in [0.3, 0.4) is 0 Å². The molecule has 1 aromatic rings. The number of ether oxygens (including phenoxy) is 4. The fourth-order valence-electron chi connectivity index (χ4n) is 2.68. The normalized spacial score (nSPS) is 22.7. The van der Waals surface area contributed by atoms with Crippen LogP contribution >= 0.6 is 0 Å². The molecule has 0 radical (unpaired) electrons. The van der Waals surface area contributed by atoms with E-state index in [0.29, 0.717) is 12.8 Å². The summed E-state index contributed by atoms with van der Waals surface area (Å²) >= 11 is 0. The van der Waals surface area contributed by atoms with Gasteiger partial charge in [0.2, 0.25) is 0 Å². The van der Waals surface area contributed by atoms with Crippen LogP contribution in [-0.4, -0.2) is 39.4 Å². The molecule has 7 heteroatoms. The van der Waals surface area contributed by atoms with Gasteiger partial charge in [-0.1, -0.05) is 0 Å². The van der Waals surface area contributed by atoms with Crippen LogP contribution in [-0.2, 0) is 14.3 Å². The molecular formula is C16H19FO6. The Kier molecular flexibility index (Phi) is 4.77. The number of methoxy groups -OCH3 is 3. The molecule has 1 fully saturated rings. The van der Waals surface area contributed by atoms with Crippen molar-refractivity contribution in [3.63, 3.8) is 0 Å². The zero-order valence-electron chi connectivity index (χ0n) is 13.5. The summed E-state index contributed by atoms with van der Waals surface area (Å²) in [6.45, 7) is 1.77. The van der Waals surface area contributed by atoms with Crippen LogP contribution in [0.15, 0.2) is 12.1 Å². The molecule has 0 heterocycles. The van der Waals surface area contributed by atoms with E-state index in [9.17, 15) is 14.0 Å². The molecule has 0 aliphatic heterocycles. The van der Waals surface area contributed by atoms with Gasteiger partial charge < -0.3 is 18.9 Å². The van der Waals surface area contributed by atoms with Gasteiger partial charge in [-0.15, -0.1) is 0 Å². The van der Waals surface area contributed by atoms with Crippen molar-refractivity contribution in [3.8, 4) is 11.5 Å². The highest BCUT2D eigenvalue weighted by molar-refractivity contribution is 5.93. The van der Waals surface area contributed by atoms with E-state index in [1.165, 1.54) is 27.4 Å². The minimum absolute atomic E-state index is 0.0645. The maximum Gasteiger partial charge on any atom is 0.341 e. The van der Waals surface area contributed by atoms with Crippen molar-refractivity contribution in [1.29, 1.82) is 0 Å². The van der Waals surface area contributed by atoms with Gasteiger partial charge in [-0.2, -0.15) is 0 Å². The number of hydrogen-bond acceptors (Lipinski definition) is 6. The van der Waals surface area contributed by atoms with E-state index in [2.05, 4.69) is 4.74 Å². The van der Waals surface area contributed by atoms with Crippen LogP contribution in [0.5, 0.6) is 11.5 Å². The molecule has 1 aliphatic rings. The Morgan fingerprint density at radius 1 is 1.13 bits per heavy atom. The number of hydrogen-bond donors (Lipinski definition) is 0. The molecule has 0 spiro atoms. The minimum atomic E-state index is -0.653. The summed E-state index contributed by atoms with van der Waals surface area (Å²) in [5.41, 5.74) is -0.547. The minimum Gasteiger partial charge on any atom is -0.496 e. The van der Waals surface area contributed by atoms with Crippen molar-refractivity contribution in [2.45, 2.75) is 25.9 Å². The first-order valence-corrected chi connectivity index (χ1v) is 7.05. The highest BCUT2D eigenvalue weighted by atomic mass is 19.1. The predicted octanol–water partition coefficient (Wildman–Crippen LogP) is 2.34. The van der Waals surface area contributed by atoms with E-state index in [1.807, 2.05) is 0 Å². The van der Waals surface area contributed by atoms with Gasteiger partial charge in [0.15, 0.2) is 11.6 Å². The maximum atomic E-state index is 14.1. The molecular weight excluding hydrogens is 307 g/mol. The van der Waals surface area contributed by atoms with Crippen molar-refractivity contribution in [1.82, 2.24) is 0 Å². The van der Waals surface area contributed by atoms with Gasteiger partial charge in [0.25, 0.3) is 0 Å². The lowest BCUT2D eigenvalue weighted by molar-refractivity contribution is -0.163. The molecule has 1 aliphatic carbocycles. The Morgan fingerprint density at radius 3 is 2.30 bits per heavy atom. The second-order valence-electron chi connectivity index (χ2n) is 5.67. The topological polar surface area (TPSA) is 71.1 Å². The van der Waals surface area contributed by atoms with Crippen LogP contribution in [0.4, 0.5) is 4.39 Å². The molecule has 0 unspecified atom stereocenters. The number of carbonyl (C=O) groups excluding carboxylic acids is 2. The SMILES string of the molecule is COC(=O)c1cc(OC2CC(C)(C(=O)OC)C2)c(F)cc1OC. The number of rotatable bonds is 5. The number of esters is 2. The molecule has 0 bridgehead atoms. The molecule has 0 amide bonds. The van der Waals surface area contributed by atoms with Gasteiger partial charge in [-0.25, -0.2) is 9.18 Å². The molecule has 0 aromatic heterocycles. The van der Waals surface area contributed by atoms with Gasteiger partial charge in [0.1, 0.15) is 17.4 Å². The first kappa shape index (κ1) is 17.1. The van der Waals surface area contributed by atoms with Crippen LogP contribution in [0.2, 0.25) is 0 Å². The third-order valence-electron chi connectivity index (χ3n) is 3.99. The van der Waals surface area contributed by atoms with E-state index in [0.717, 1.165) is 6.07 Å². The Bertz CT molecular complexity index is 621. The summed E-state index contributed by atoms with van der Waals surface area (Å²) in [6.07, 6.45) is 0.504. The number of benzene rings is 1. The third-order valence-corrected chi connectivity index (χ3v) is 3.99. The molecule has 23 heavy (non-hydrogen) atoms. The van der Waals surface area contributed by atoms with E-state index in [4.69, 9.17) is 14.2 Å². The smallest absolute Gasteiger partial charge is 0.341 e. The summed E-state index contributed by atoms with van der Waals surface area (Å²) in [7, 11) is 3.88. The van der Waals surface area contributed by atoms with Gasteiger partial charge in [-0.3, -0.25) is 4.79 Å². The van der Waals surface area contributed by atoms with Crippen LogP contribution in [0, 0.1) is 11.2 Å². The second kappa shape index (κ2) is 6.44. The molecule has 2 rings (SSSR count). The van der Waals surface area contributed by atoms with Crippen molar-refractivity contribution in [2.24, 2.45) is 5.41 Å². The van der Waals surface area contributed by atoms with E-state index >= 15 is 0 Å². The standard InChI is InChI=1S/C16H19FO6/c1-16(15(19)22-4)7-9(8-16)23-13-5-10(14(18)21-3)12(20-2)6-11(13)17/h5-6,9H,7-8H2,1-4H3. The molecule has 6 nitrogen and oxygen atoms in total. The maximum absolute atomic E-state index is 14.1. The largest absolute Gasteiger partial charge is 0.496 e. The Balaban J connectivity index is 2.16. The average molecular weight is 326 g/mol. The van der Waals surface area contributed by atoms with Crippen LogP contribution in [0.1, 0.15) is 30.1 Å². The van der Waals surface area contributed by atoms with Crippen molar-refractivity contribution < 1.29 is 32.9 Å². The average Bonchev–Trinajstić information content (AvgIpc) is 2.52. The molecule has 0 saturated heterocycles. The zero-order chi connectivity index (χ0) is 17.2. The molecule has 1 saturated carbocycles. The monoisotopic (exact) mass is 326 g/mol. The second-order valence-corrected chi connectivity index (χ2v) is 5.67. The van der Waals surface area contributed by atoms with Gasteiger partial charge >= 0.3 is 11.9 Å². The first-order chi connectivity index (χ1) is 10.8. The summed E-state index contributed by atoms with van der Waals surface area (Å²) in [6, 6.07) is 2.31. The van der Waals surface area contributed by atoms with E-state index < -0.39 is 17.2 Å². The number of halogens is 1.